The molecule has 4 nitrogen and oxygen atoms in total. The fourth-order valence-electron chi connectivity index (χ4n) is 2.77. The SMILES string of the molecule is O=C1COC(C2CCNC2)CN1c1ccccc1Cl. The van der Waals surface area contributed by atoms with Crippen molar-refractivity contribution in [3.8, 4) is 0 Å². The quantitative estimate of drug-likeness (QED) is 0.896. The van der Waals surface area contributed by atoms with Crippen LogP contribution in [0.25, 0.3) is 0 Å². The predicted octanol–water partition coefficient (Wildman–Crippen LogP) is 1.68. The molecule has 102 valence electrons. The summed E-state index contributed by atoms with van der Waals surface area (Å²) < 4.78 is 5.69. The summed E-state index contributed by atoms with van der Waals surface area (Å²) in [5, 5.41) is 3.95. The lowest BCUT2D eigenvalue weighted by atomic mass is 9.99. The molecule has 0 spiro atoms. The summed E-state index contributed by atoms with van der Waals surface area (Å²) in [4.78, 5) is 13.8. The number of morpholine rings is 1. The van der Waals surface area contributed by atoms with Crippen molar-refractivity contribution in [1.82, 2.24) is 5.32 Å². The molecule has 2 aliphatic rings. The molecule has 3 rings (SSSR count). The molecule has 2 saturated heterocycles. The van der Waals surface area contributed by atoms with Gasteiger partial charge in [0.1, 0.15) is 6.61 Å². The van der Waals surface area contributed by atoms with Crippen LogP contribution in [0.15, 0.2) is 24.3 Å². The minimum atomic E-state index is -0.0182. The maximum Gasteiger partial charge on any atom is 0.253 e. The van der Waals surface area contributed by atoms with E-state index in [2.05, 4.69) is 5.32 Å². The molecule has 2 aliphatic heterocycles. The minimum Gasteiger partial charge on any atom is -0.366 e. The number of nitrogens with one attached hydrogen (secondary N) is 1. The van der Waals surface area contributed by atoms with E-state index in [4.69, 9.17) is 16.3 Å². The predicted molar refractivity (Wildman–Crippen MR) is 74.5 cm³/mol. The Hall–Kier alpha value is -1.10. The zero-order valence-corrected chi connectivity index (χ0v) is 11.4. The zero-order valence-electron chi connectivity index (χ0n) is 10.6. The smallest absolute Gasteiger partial charge is 0.253 e. The van der Waals surface area contributed by atoms with E-state index < -0.39 is 0 Å². The molecule has 2 unspecified atom stereocenters. The molecule has 0 aliphatic carbocycles. The molecule has 2 atom stereocenters. The van der Waals surface area contributed by atoms with Gasteiger partial charge in [0.05, 0.1) is 23.4 Å². The number of rotatable bonds is 2. The van der Waals surface area contributed by atoms with Crippen molar-refractivity contribution < 1.29 is 9.53 Å². The van der Waals surface area contributed by atoms with Gasteiger partial charge in [-0.15, -0.1) is 0 Å². The molecule has 1 amide bonds. The van der Waals surface area contributed by atoms with Crippen LogP contribution >= 0.6 is 11.6 Å². The highest BCUT2D eigenvalue weighted by Crippen LogP contribution is 2.29. The number of nitrogens with zero attached hydrogens (tertiary/aromatic N) is 1. The van der Waals surface area contributed by atoms with Crippen LogP contribution in [0.3, 0.4) is 0 Å². The third-order valence-electron chi connectivity index (χ3n) is 3.85. The second kappa shape index (κ2) is 5.49. The van der Waals surface area contributed by atoms with E-state index >= 15 is 0 Å². The van der Waals surface area contributed by atoms with Gasteiger partial charge in [-0.05, 0) is 25.1 Å². The molecular weight excluding hydrogens is 264 g/mol. The molecule has 19 heavy (non-hydrogen) atoms. The average Bonchev–Trinajstić information content (AvgIpc) is 2.94. The molecule has 2 fully saturated rings. The summed E-state index contributed by atoms with van der Waals surface area (Å²) >= 11 is 6.18. The Bertz CT molecular complexity index is 474. The fraction of sp³-hybridized carbons (Fsp3) is 0.500. The van der Waals surface area contributed by atoms with Crippen LogP contribution in [0, 0.1) is 5.92 Å². The summed E-state index contributed by atoms with van der Waals surface area (Å²) in [6, 6.07) is 7.46. The summed E-state index contributed by atoms with van der Waals surface area (Å²) in [5.74, 6) is 0.466. The van der Waals surface area contributed by atoms with E-state index in [0.717, 1.165) is 25.2 Å². The second-order valence-electron chi connectivity index (χ2n) is 5.06. The van der Waals surface area contributed by atoms with Crippen LogP contribution in [-0.4, -0.2) is 38.3 Å². The number of halogens is 1. The van der Waals surface area contributed by atoms with Gasteiger partial charge < -0.3 is 15.0 Å². The van der Waals surface area contributed by atoms with Gasteiger partial charge in [-0.2, -0.15) is 0 Å². The van der Waals surface area contributed by atoms with Crippen LogP contribution in [0.4, 0.5) is 5.69 Å². The van der Waals surface area contributed by atoms with Gasteiger partial charge in [-0.3, -0.25) is 4.79 Å². The van der Waals surface area contributed by atoms with Gasteiger partial charge in [0, 0.05) is 12.5 Å². The lowest BCUT2D eigenvalue weighted by molar-refractivity contribution is -0.131. The van der Waals surface area contributed by atoms with Crippen molar-refractivity contribution in [2.75, 3.05) is 31.1 Å². The lowest BCUT2D eigenvalue weighted by Crippen LogP contribution is -2.49. The maximum absolute atomic E-state index is 12.0. The number of anilines is 1. The Labute approximate surface area is 117 Å². The van der Waals surface area contributed by atoms with Gasteiger partial charge in [-0.25, -0.2) is 0 Å². The first-order chi connectivity index (χ1) is 9.25. The Morgan fingerprint density at radius 1 is 1.37 bits per heavy atom. The van der Waals surface area contributed by atoms with Gasteiger partial charge in [0.2, 0.25) is 0 Å². The van der Waals surface area contributed by atoms with Crippen LogP contribution < -0.4 is 10.2 Å². The van der Waals surface area contributed by atoms with E-state index in [1.807, 2.05) is 24.3 Å². The molecular formula is C14H17ClN2O2. The van der Waals surface area contributed by atoms with E-state index in [1.165, 1.54) is 0 Å². The number of carbonyl (C=O) groups excluding carboxylic acids is 1. The molecule has 0 radical (unpaired) electrons. The van der Waals surface area contributed by atoms with E-state index in [9.17, 15) is 4.79 Å². The Balaban J connectivity index is 1.79. The fourth-order valence-corrected chi connectivity index (χ4v) is 3.01. The topological polar surface area (TPSA) is 41.6 Å². The lowest BCUT2D eigenvalue weighted by Gasteiger charge is -2.35. The van der Waals surface area contributed by atoms with Crippen LogP contribution in [0.2, 0.25) is 5.02 Å². The Morgan fingerprint density at radius 2 is 2.21 bits per heavy atom. The summed E-state index contributed by atoms with van der Waals surface area (Å²) in [6.07, 6.45) is 1.21. The third kappa shape index (κ3) is 2.61. The maximum atomic E-state index is 12.0. The Kier molecular flexibility index (Phi) is 3.73. The van der Waals surface area contributed by atoms with Crippen LogP contribution in [0.5, 0.6) is 0 Å². The van der Waals surface area contributed by atoms with E-state index in [1.54, 1.807) is 4.90 Å². The number of hydrogen-bond acceptors (Lipinski definition) is 3. The first kappa shape index (κ1) is 12.9. The molecule has 5 heteroatoms. The molecule has 0 saturated carbocycles. The molecule has 1 aromatic rings. The van der Waals surface area contributed by atoms with Crippen LogP contribution in [0.1, 0.15) is 6.42 Å². The first-order valence-electron chi connectivity index (χ1n) is 6.63. The van der Waals surface area contributed by atoms with Crippen molar-refractivity contribution >= 4 is 23.2 Å². The molecule has 1 N–H and O–H groups in total. The number of amides is 1. The number of para-hydroxylation sites is 1. The third-order valence-corrected chi connectivity index (χ3v) is 4.17. The van der Waals surface area contributed by atoms with Crippen molar-refractivity contribution in [2.45, 2.75) is 12.5 Å². The largest absolute Gasteiger partial charge is 0.366 e. The summed E-state index contributed by atoms with van der Waals surface area (Å²) in [5.41, 5.74) is 0.786. The molecule has 1 aromatic carbocycles. The number of carbonyl (C=O) groups is 1. The van der Waals surface area contributed by atoms with Crippen molar-refractivity contribution in [1.29, 1.82) is 0 Å². The molecule has 2 heterocycles. The molecule has 0 bridgehead atoms. The van der Waals surface area contributed by atoms with Crippen molar-refractivity contribution in [2.24, 2.45) is 5.92 Å². The minimum absolute atomic E-state index is 0.0182. The highest BCUT2D eigenvalue weighted by atomic mass is 35.5. The normalized spacial score (nSPS) is 27.8. The zero-order chi connectivity index (χ0) is 13.2. The number of hydrogen-bond donors (Lipinski definition) is 1. The first-order valence-corrected chi connectivity index (χ1v) is 7.00. The van der Waals surface area contributed by atoms with Gasteiger partial charge >= 0.3 is 0 Å². The second-order valence-corrected chi connectivity index (χ2v) is 5.47. The van der Waals surface area contributed by atoms with Gasteiger partial charge in [-0.1, -0.05) is 23.7 Å². The monoisotopic (exact) mass is 280 g/mol. The number of benzene rings is 1. The van der Waals surface area contributed by atoms with Crippen molar-refractivity contribution in [3.05, 3.63) is 29.3 Å². The Morgan fingerprint density at radius 3 is 2.95 bits per heavy atom. The van der Waals surface area contributed by atoms with Gasteiger partial charge in [0.15, 0.2) is 0 Å². The summed E-state index contributed by atoms with van der Waals surface area (Å²) in [7, 11) is 0. The standard InChI is InChI=1S/C14H17ClN2O2/c15-11-3-1-2-4-12(11)17-8-13(19-9-14(17)18)10-5-6-16-7-10/h1-4,10,13,16H,5-9H2. The van der Waals surface area contributed by atoms with Crippen LogP contribution in [-0.2, 0) is 9.53 Å². The van der Waals surface area contributed by atoms with Crippen molar-refractivity contribution in [3.63, 3.8) is 0 Å². The van der Waals surface area contributed by atoms with E-state index in [0.29, 0.717) is 17.5 Å². The average molecular weight is 281 g/mol. The molecule has 0 aromatic heterocycles. The van der Waals surface area contributed by atoms with E-state index in [-0.39, 0.29) is 18.6 Å². The summed E-state index contributed by atoms with van der Waals surface area (Å²) in [6.45, 7) is 2.74. The van der Waals surface area contributed by atoms with Gasteiger partial charge in [0.25, 0.3) is 5.91 Å². The number of ether oxygens (including phenoxy) is 1. The highest BCUT2D eigenvalue weighted by Gasteiger charge is 2.34. The highest BCUT2D eigenvalue weighted by molar-refractivity contribution is 6.33.